The average Bonchev–Trinajstić information content (AvgIpc) is 2.94. The monoisotopic (exact) mass is 429 g/mol. The summed E-state index contributed by atoms with van der Waals surface area (Å²) in [5, 5.41) is 0. The molecule has 8 nitrogen and oxygen atoms in total. The minimum Gasteiger partial charge on any atom is -0.473 e. The summed E-state index contributed by atoms with van der Waals surface area (Å²) in [4.78, 5) is 26.1. The Morgan fingerprint density at radius 1 is 1.10 bits per heavy atom. The lowest BCUT2D eigenvalue weighted by Crippen LogP contribution is -2.38. The topological polar surface area (TPSA) is 82.4 Å². The fraction of sp³-hybridized carbons (Fsp3) is 0.333. The summed E-state index contributed by atoms with van der Waals surface area (Å²) in [6, 6.07) is 3.82. The Balaban J connectivity index is 1.51. The molecule has 0 N–H and O–H groups in total. The fourth-order valence-corrected chi connectivity index (χ4v) is 3.27. The molecule has 1 aliphatic heterocycles. The summed E-state index contributed by atoms with van der Waals surface area (Å²) in [6.07, 6.45) is 2.71. The largest absolute Gasteiger partial charge is 0.473 e. The number of fused-ring (bicyclic) bond motifs is 1. The Bertz CT molecular complexity index is 1170. The van der Waals surface area contributed by atoms with Gasteiger partial charge in [0.1, 0.15) is 12.4 Å². The molecule has 0 amide bonds. The van der Waals surface area contributed by atoms with Crippen molar-refractivity contribution in [3.8, 4) is 17.5 Å². The SMILES string of the molecule is Cc1cnc(Oc2c(F)cc(COc3cc4n(c(=O)n3)CC(C)(C)N4C)cc2F)cn1. The number of rotatable bonds is 5. The van der Waals surface area contributed by atoms with Crippen LogP contribution in [0.3, 0.4) is 0 Å². The molecule has 0 radical (unpaired) electrons. The van der Waals surface area contributed by atoms with Crippen LogP contribution in [0, 0.1) is 18.6 Å². The molecule has 2 aromatic heterocycles. The van der Waals surface area contributed by atoms with Gasteiger partial charge in [-0.25, -0.2) is 18.6 Å². The first-order chi connectivity index (χ1) is 14.6. The molecule has 0 bridgehead atoms. The zero-order chi connectivity index (χ0) is 22.3. The second-order valence-electron chi connectivity index (χ2n) is 7.97. The third-order valence-corrected chi connectivity index (χ3v) is 5.17. The highest BCUT2D eigenvalue weighted by molar-refractivity contribution is 5.48. The molecule has 0 atom stereocenters. The molecular weight excluding hydrogens is 408 g/mol. The number of nitrogens with zero attached hydrogens (tertiary/aromatic N) is 5. The first-order valence-electron chi connectivity index (χ1n) is 9.57. The van der Waals surface area contributed by atoms with Crippen LogP contribution in [0.15, 0.2) is 35.4 Å². The number of ether oxygens (including phenoxy) is 2. The molecule has 1 aromatic carbocycles. The van der Waals surface area contributed by atoms with Gasteiger partial charge in [-0.2, -0.15) is 4.98 Å². The molecule has 0 saturated heterocycles. The van der Waals surface area contributed by atoms with Gasteiger partial charge >= 0.3 is 5.69 Å². The number of aromatic nitrogens is 4. The smallest absolute Gasteiger partial charge is 0.352 e. The van der Waals surface area contributed by atoms with Gasteiger partial charge < -0.3 is 14.4 Å². The van der Waals surface area contributed by atoms with E-state index in [1.807, 2.05) is 25.8 Å². The van der Waals surface area contributed by atoms with Gasteiger partial charge in [0.15, 0.2) is 11.6 Å². The van der Waals surface area contributed by atoms with E-state index in [0.29, 0.717) is 18.1 Å². The van der Waals surface area contributed by atoms with E-state index in [0.717, 1.165) is 12.1 Å². The molecule has 4 rings (SSSR count). The minimum absolute atomic E-state index is 0.0257. The molecule has 3 heterocycles. The predicted molar refractivity (Wildman–Crippen MR) is 109 cm³/mol. The van der Waals surface area contributed by atoms with E-state index in [4.69, 9.17) is 9.47 Å². The van der Waals surface area contributed by atoms with E-state index in [9.17, 15) is 13.6 Å². The number of aryl methyl sites for hydroxylation is 1. The Morgan fingerprint density at radius 3 is 2.45 bits per heavy atom. The van der Waals surface area contributed by atoms with E-state index in [1.54, 1.807) is 17.6 Å². The van der Waals surface area contributed by atoms with Gasteiger partial charge in [-0.3, -0.25) is 9.55 Å². The quantitative estimate of drug-likeness (QED) is 0.616. The highest BCUT2D eigenvalue weighted by Crippen LogP contribution is 2.32. The predicted octanol–water partition coefficient (Wildman–Crippen LogP) is 3.22. The second-order valence-corrected chi connectivity index (χ2v) is 7.97. The molecule has 0 aliphatic carbocycles. The molecule has 0 fully saturated rings. The third kappa shape index (κ3) is 4.05. The number of hydrogen-bond acceptors (Lipinski definition) is 7. The zero-order valence-corrected chi connectivity index (χ0v) is 17.5. The highest BCUT2D eigenvalue weighted by atomic mass is 19.1. The summed E-state index contributed by atoms with van der Waals surface area (Å²) in [5.41, 5.74) is 0.185. The van der Waals surface area contributed by atoms with Crippen molar-refractivity contribution in [1.82, 2.24) is 19.5 Å². The van der Waals surface area contributed by atoms with Gasteiger partial charge in [0, 0.05) is 13.1 Å². The van der Waals surface area contributed by atoms with Crippen molar-refractivity contribution in [2.75, 3.05) is 11.9 Å². The van der Waals surface area contributed by atoms with Crippen molar-refractivity contribution in [3.05, 3.63) is 64.0 Å². The van der Waals surface area contributed by atoms with E-state index in [2.05, 4.69) is 15.0 Å². The van der Waals surface area contributed by atoms with Gasteiger partial charge in [-0.1, -0.05) is 0 Å². The lowest BCUT2D eigenvalue weighted by atomic mass is 10.1. The normalized spacial score (nSPS) is 14.5. The van der Waals surface area contributed by atoms with Crippen molar-refractivity contribution in [2.24, 2.45) is 0 Å². The number of anilines is 1. The maximum atomic E-state index is 14.4. The highest BCUT2D eigenvalue weighted by Gasteiger charge is 2.34. The zero-order valence-electron chi connectivity index (χ0n) is 17.5. The summed E-state index contributed by atoms with van der Waals surface area (Å²) in [6.45, 7) is 6.08. The molecule has 0 spiro atoms. The molecule has 3 aromatic rings. The van der Waals surface area contributed by atoms with E-state index in [-0.39, 0.29) is 29.5 Å². The van der Waals surface area contributed by atoms with Crippen molar-refractivity contribution in [1.29, 1.82) is 0 Å². The molecular formula is C21H21F2N5O3. The molecule has 31 heavy (non-hydrogen) atoms. The van der Waals surface area contributed by atoms with E-state index < -0.39 is 23.1 Å². The Kier molecular flexibility index (Phi) is 5.08. The molecule has 0 saturated carbocycles. The van der Waals surface area contributed by atoms with Gasteiger partial charge in [0.25, 0.3) is 0 Å². The van der Waals surface area contributed by atoms with Crippen LogP contribution in [0.2, 0.25) is 0 Å². The summed E-state index contributed by atoms with van der Waals surface area (Å²) < 4.78 is 41.2. The number of benzene rings is 1. The minimum atomic E-state index is -0.913. The average molecular weight is 429 g/mol. The van der Waals surface area contributed by atoms with E-state index >= 15 is 0 Å². The van der Waals surface area contributed by atoms with Crippen LogP contribution >= 0.6 is 0 Å². The van der Waals surface area contributed by atoms with Crippen LogP contribution in [-0.4, -0.2) is 32.1 Å². The maximum Gasteiger partial charge on any atom is 0.352 e. The van der Waals surface area contributed by atoms with E-state index in [1.165, 1.54) is 12.4 Å². The summed E-state index contributed by atoms with van der Waals surface area (Å²) in [7, 11) is 1.88. The lowest BCUT2D eigenvalue weighted by Gasteiger charge is -2.28. The Labute approximate surface area is 177 Å². The molecule has 1 aliphatic rings. The van der Waals surface area contributed by atoms with Crippen molar-refractivity contribution >= 4 is 5.82 Å². The van der Waals surface area contributed by atoms with Gasteiger partial charge in [-0.15, -0.1) is 0 Å². The first-order valence-corrected chi connectivity index (χ1v) is 9.57. The summed E-state index contributed by atoms with van der Waals surface area (Å²) in [5.74, 6) is -1.69. The van der Waals surface area contributed by atoms with Crippen LogP contribution in [0.5, 0.6) is 17.5 Å². The van der Waals surface area contributed by atoms with Crippen LogP contribution in [0.25, 0.3) is 0 Å². The number of likely N-dealkylation sites (N-methyl/N-ethyl adjacent to an activating group) is 1. The Hall–Kier alpha value is -3.56. The maximum absolute atomic E-state index is 14.4. The molecule has 10 heteroatoms. The third-order valence-electron chi connectivity index (χ3n) is 5.17. The first kappa shape index (κ1) is 20.7. The molecule has 0 unspecified atom stereocenters. The van der Waals surface area contributed by atoms with Crippen LogP contribution in [-0.2, 0) is 13.2 Å². The van der Waals surface area contributed by atoms with Crippen molar-refractivity contribution in [3.63, 3.8) is 0 Å². The van der Waals surface area contributed by atoms with Crippen molar-refractivity contribution in [2.45, 2.75) is 39.5 Å². The van der Waals surface area contributed by atoms with Crippen LogP contribution in [0.1, 0.15) is 25.1 Å². The van der Waals surface area contributed by atoms with Gasteiger partial charge in [-0.05, 0) is 38.5 Å². The standard InChI is InChI=1S/C21H21F2N5O3/c1-12-8-25-17(9-24-12)31-19-14(22)5-13(6-15(19)23)10-30-16-7-18-27(4)21(2,3)11-28(18)20(29)26-16/h5-9H,10-11H2,1-4H3. The van der Waals surface area contributed by atoms with Gasteiger partial charge in [0.05, 0.1) is 30.2 Å². The van der Waals surface area contributed by atoms with Gasteiger partial charge in [0.2, 0.25) is 17.5 Å². The summed E-state index contributed by atoms with van der Waals surface area (Å²) >= 11 is 0. The Morgan fingerprint density at radius 2 is 1.81 bits per heavy atom. The van der Waals surface area contributed by atoms with Crippen LogP contribution in [0.4, 0.5) is 14.6 Å². The molecule has 162 valence electrons. The lowest BCUT2D eigenvalue weighted by molar-refractivity contribution is 0.289. The number of halogens is 2. The van der Waals surface area contributed by atoms with Crippen molar-refractivity contribution < 1.29 is 18.3 Å². The second kappa shape index (κ2) is 7.60. The number of hydrogen-bond donors (Lipinski definition) is 0. The fourth-order valence-electron chi connectivity index (χ4n) is 3.27. The van der Waals surface area contributed by atoms with Crippen LogP contribution < -0.4 is 20.1 Å².